The number of hydroxylamine groups is 1. The van der Waals surface area contributed by atoms with Gasteiger partial charge in [-0.25, -0.2) is 10.5 Å². The van der Waals surface area contributed by atoms with Gasteiger partial charge in [0.25, 0.3) is 5.88 Å². The number of aromatic nitrogens is 3. The molecule has 0 amide bonds. The largest absolute Gasteiger partial charge is 0.436 e. The Morgan fingerprint density at radius 2 is 1.97 bits per heavy atom. The summed E-state index contributed by atoms with van der Waals surface area (Å²) in [4.78, 5) is 14.5. The molecule has 0 aliphatic carbocycles. The molecule has 1 aliphatic heterocycles. The molecule has 0 spiro atoms. The highest BCUT2D eigenvalue weighted by molar-refractivity contribution is 9.10. The predicted octanol–water partition coefficient (Wildman–Crippen LogP) is 4.95. The minimum Gasteiger partial charge on any atom is -0.436 e. The Balaban J connectivity index is 1.62. The van der Waals surface area contributed by atoms with Gasteiger partial charge in [-0.05, 0) is 61.7 Å². The van der Waals surface area contributed by atoms with E-state index in [2.05, 4.69) is 41.6 Å². The number of alkyl halides is 3. The van der Waals surface area contributed by atoms with Gasteiger partial charge in [0.15, 0.2) is 11.5 Å². The first-order valence-electron chi connectivity index (χ1n) is 9.96. The average Bonchev–Trinajstić information content (AvgIpc) is 2.77. The second-order valence-corrected chi connectivity index (χ2v) is 8.38. The quantitative estimate of drug-likeness (QED) is 0.511. The van der Waals surface area contributed by atoms with E-state index in [4.69, 9.17) is 9.57 Å². The molecular formula is C22H19BrF3N5O2. The molecule has 0 bridgehead atoms. The third kappa shape index (κ3) is 5.66. The molecule has 33 heavy (non-hydrogen) atoms. The molecule has 1 atom stereocenters. The number of amidine groups is 1. The van der Waals surface area contributed by atoms with E-state index in [0.717, 1.165) is 27.7 Å². The van der Waals surface area contributed by atoms with Crippen LogP contribution in [0, 0.1) is 13.8 Å². The van der Waals surface area contributed by atoms with Gasteiger partial charge in [0, 0.05) is 4.47 Å². The number of aryl methyl sites for hydroxylation is 2. The van der Waals surface area contributed by atoms with Crippen molar-refractivity contribution in [3.63, 3.8) is 0 Å². The Morgan fingerprint density at radius 1 is 1.15 bits per heavy atom. The fourth-order valence-corrected chi connectivity index (χ4v) is 3.75. The molecule has 4 rings (SSSR count). The van der Waals surface area contributed by atoms with E-state index >= 15 is 0 Å². The van der Waals surface area contributed by atoms with E-state index in [9.17, 15) is 13.2 Å². The molecule has 7 nitrogen and oxygen atoms in total. The van der Waals surface area contributed by atoms with Gasteiger partial charge in [-0.1, -0.05) is 28.1 Å². The third-order valence-corrected chi connectivity index (χ3v) is 5.37. The van der Waals surface area contributed by atoms with Crippen molar-refractivity contribution in [3.8, 4) is 11.6 Å². The fraction of sp³-hybridized carbons (Fsp3) is 0.273. The molecule has 0 saturated carbocycles. The zero-order chi connectivity index (χ0) is 23.6. The van der Waals surface area contributed by atoms with Crippen LogP contribution in [0.4, 0.5) is 13.2 Å². The number of nitrogens with zero attached hydrogens (tertiary/aromatic N) is 4. The lowest BCUT2D eigenvalue weighted by molar-refractivity contribution is -0.137. The SMILES string of the molecule is Cc1nnc(Oc2cccc(C(F)(F)F)c2)c(C2=NC(Cc3ccc(Br)cc3C)CON2)n1. The van der Waals surface area contributed by atoms with Crippen molar-refractivity contribution in [2.45, 2.75) is 32.5 Å². The van der Waals surface area contributed by atoms with Gasteiger partial charge in [0.05, 0.1) is 18.2 Å². The number of hydrogen-bond donors (Lipinski definition) is 1. The minimum atomic E-state index is -4.50. The van der Waals surface area contributed by atoms with Gasteiger partial charge in [-0.15, -0.1) is 10.2 Å². The number of nitrogens with one attached hydrogen (secondary N) is 1. The van der Waals surface area contributed by atoms with Crippen LogP contribution in [-0.2, 0) is 17.4 Å². The van der Waals surface area contributed by atoms with Crippen LogP contribution >= 0.6 is 15.9 Å². The second kappa shape index (κ2) is 9.44. The van der Waals surface area contributed by atoms with Crippen molar-refractivity contribution in [2.75, 3.05) is 6.61 Å². The summed E-state index contributed by atoms with van der Waals surface area (Å²) in [7, 11) is 0. The molecule has 11 heteroatoms. The molecule has 2 heterocycles. The number of rotatable bonds is 5. The van der Waals surface area contributed by atoms with Gasteiger partial charge < -0.3 is 4.74 Å². The van der Waals surface area contributed by atoms with Crippen LogP contribution in [0.5, 0.6) is 11.6 Å². The van der Waals surface area contributed by atoms with Crippen molar-refractivity contribution in [1.82, 2.24) is 20.7 Å². The molecule has 3 aromatic rings. The van der Waals surface area contributed by atoms with Crippen molar-refractivity contribution < 1.29 is 22.7 Å². The lowest BCUT2D eigenvalue weighted by atomic mass is 10.0. The van der Waals surface area contributed by atoms with Crippen LogP contribution in [0.1, 0.15) is 28.2 Å². The maximum Gasteiger partial charge on any atom is 0.416 e. The van der Waals surface area contributed by atoms with Crippen molar-refractivity contribution in [3.05, 3.63) is 75.1 Å². The first kappa shape index (κ1) is 23.1. The van der Waals surface area contributed by atoms with Crippen LogP contribution in [0.3, 0.4) is 0 Å². The van der Waals surface area contributed by atoms with E-state index in [1.54, 1.807) is 6.92 Å². The van der Waals surface area contributed by atoms with Gasteiger partial charge in [0.2, 0.25) is 0 Å². The molecule has 2 aromatic carbocycles. The summed E-state index contributed by atoms with van der Waals surface area (Å²) in [5.74, 6) is 0.471. The van der Waals surface area contributed by atoms with Crippen molar-refractivity contribution in [1.29, 1.82) is 0 Å². The third-order valence-electron chi connectivity index (χ3n) is 4.88. The van der Waals surface area contributed by atoms with Gasteiger partial charge in [-0.2, -0.15) is 13.2 Å². The van der Waals surface area contributed by atoms with Crippen LogP contribution < -0.4 is 10.2 Å². The average molecular weight is 522 g/mol. The zero-order valence-electron chi connectivity index (χ0n) is 17.7. The highest BCUT2D eigenvalue weighted by Crippen LogP contribution is 2.33. The van der Waals surface area contributed by atoms with Crippen molar-refractivity contribution in [2.24, 2.45) is 4.99 Å². The summed E-state index contributed by atoms with van der Waals surface area (Å²) in [6.07, 6.45) is -3.87. The Labute approximate surface area is 196 Å². The van der Waals surface area contributed by atoms with Crippen LogP contribution in [0.25, 0.3) is 0 Å². The first-order valence-corrected chi connectivity index (χ1v) is 10.8. The number of benzene rings is 2. The molecule has 0 saturated heterocycles. The highest BCUT2D eigenvalue weighted by Gasteiger charge is 2.31. The Morgan fingerprint density at radius 3 is 2.73 bits per heavy atom. The molecule has 1 unspecified atom stereocenters. The number of hydrogen-bond acceptors (Lipinski definition) is 7. The van der Waals surface area contributed by atoms with Crippen molar-refractivity contribution >= 4 is 21.8 Å². The monoisotopic (exact) mass is 521 g/mol. The number of ether oxygens (including phenoxy) is 1. The molecule has 172 valence electrons. The van der Waals surface area contributed by atoms with E-state index in [0.29, 0.717) is 18.9 Å². The van der Waals surface area contributed by atoms with Gasteiger partial charge in [-0.3, -0.25) is 9.83 Å². The summed E-state index contributed by atoms with van der Waals surface area (Å²) in [6, 6.07) is 10.3. The first-order chi connectivity index (χ1) is 15.7. The topological polar surface area (TPSA) is 81.5 Å². The Hall–Kier alpha value is -3.05. The molecule has 1 aliphatic rings. The summed E-state index contributed by atoms with van der Waals surface area (Å²) in [6.45, 7) is 3.99. The highest BCUT2D eigenvalue weighted by atomic mass is 79.9. The zero-order valence-corrected chi connectivity index (χ0v) is 19.2. The predicted molar refractivity (Wildman–Crippen MR) is 118 cm³/mol. The number of halogens is 4. The Kier molecular flexibility index (Phi) is 6.61. The molecule has 1 aromatic heterocycles. The molecule has 1 N–H and O–H groups in total. The van der Waals surface area contributed by atoms with Gasteiger partial charge >= 0.3 is 6.18 Å². The standard InChI is InChI=1S/C22H19BrF3N5O2/c1-12-8-16(23)7-6-14(12)9-17-11-32-31-20(28-17)19-21(30-29-13(2)27-19)33-18-5-3-4-15(10-18)22(24,25)26/h3-8,10,17H,9,11H2,1-2H3,(H,28,31). The van der Waals surface area contributed by atoms with E-state index in [1.165, 1.54) is 12.1 Å². The minimum absolute atomic E-state index is 0.0506. The van der Waals surface area contributed by atoms with Crippen LogP contribution in [0.2, 0.25) is 0 Å². The van der Waals surface area contributed by atoms with E-state index < -0.39 is 11.7 Å². The number of aliphatic imine (C=N–C) groups is 1. The summed E-state index contributed by atoms with van der Waals surface area (Å²) in [5, 5.41) is 7.85. The Bertz CT molecular complexity index is 1200. The lowest BCUT2D eigenvalue weighted by Gasteiger charge is -2.23. The van der Waals surface area contributed by atoms with E-state index in [-0.39, 0.29) is 29.2 Å². The van der Waals surface area contributed by atoms with Crippen LogP contribution in [-0.4, -0.2) is 33.7 Å². The molecule has 0 fully saturated rings. The summed E-state index contributed by atoms with van der Waals surface area (Å²) >= 11 is 3.46. The molecule has 0 radical (unpaired) electrons. The maximum absolute atomic E-state index is 13.1. The van der Waals surface area contributed by atoms with Crippen LogP contribution in [0.15, 0.2) is 51.9 Å². The van der Waals surface area contributed by atoms with E-state index in [1.807, 2.05) is 25.1 Å². The summed E-state index contributed by atoms with van der Waals surface area (Å²) in [5.41, 5.74) is 4.31. The lowest BCUT2D eigenvalue weighted by Crippen LogP contribution is -2.37. The normalized spacial score (nSPS) is 16.2. The molecular weight excluding hydrogens is 503 g/mol. The smallest absolute Gasteiger partial charge is 0.416 e. The summed E-state index contributed by atoms with van der Waals surface area (Å²) < 4.78 is 45.8. The van der Waals surface area contributed by atoms with Gasteiger partial charge in [0.1, 0.15) is 11.6 Å². The second-order valence-electron chi connectivity index (χ2n) is 7.46. The maximum atomic E-state index is 13.1. The fourth-order valence-electron chi connectivity index (χ4n) is 3.28.